The summed E-state index contributed by atoms with van der Waals surface area (Å²) in [4.78, 5) is 30.2. The largest absolute Gasteiger partial charge is 0.328 e. The second-order valence-electron chi connectivity index (χ2n) is 6.91. The number of rotatable bonds is 3. The van der Waals surface area contributed by atoms with E-state index in [0.29, 0.717) is 24.2 Å². The first-order valence-corrected chi connectivity index (χ1v) is 9.40. The number of amides is 1. The number of hydrogen-bond donors (Lipinski definition) is 2. The Labute approximate surface area is 170 Å². The summed E-state index contributed by atoms with van der Waals surface area (Å²) in [6, 6.07) is 17.5. The van der Waals surface area contributed by atoms with Crippen molar-refractivity contribution in [3.63, 3.8) is 0 Å². The minimum absolute atomic E-state index is 0. The summed E-state index contributed by atoms with van der Waals surface area (Å²) in [7, 11) is 0. The number of hydrogen-bond acceptors (Lipinski definition) is 3. The SMILES string of the molecule is CCc1ccc(C2CNCCN2C(=O)c2cc3ccccc3c(=O)[nH]2)cc1.Cl. The lowest BCUT2D eigenvalue weighted by Crippen LogP contribution is -2.49. The number of benzene rings is 2. The summed E-state index contributed by atoms with van der Waals surface area (Å²) in [6.07, 6.45) is 0.990. The zero-order valence-electron chi connectivity index (χ0n) is 15.8. The van der Waals surface area contributed by atoms with Gasteiger partial charge < -0.3 is 15.2 Å². The molecule has 2 heterocycles. The van der Waals surface area contributed by atoms with Crippen molar-refractivity contribution in [2.75, 3.05) is 19.6 Å². The number of carbonyl (C=O) groups excluding carboxylic acids is 1. The van der Waals surface area contributed by atoms with Crippen molar-refractivity contribution in [3.05, 3.63) is 81.8 Å². The van der Waals surface area contributed by atoms with E-state index in [1.807, 2.05) is 23.1 Å². The average Bonchev–Trinajstić information content (AvgIpc) is 2.73. The molecule has 28 heavy (non-hydrogen) atoms. The summed E-state index contributed by atoms with van der Waals surface area (Å²) < 4.78 is 0. The predicted octanol–water partition coefficient (Wildman–Crippen LogP) is 3.30. The first kappa shape index (κ1) is 20.1. The minimum atomic E-state index is -0.226. The van der Waals surface area contributed by atoms with Gasteiger partial charge in [-0.25, -0.2) is 0 Å². The van der Waals surface area contributed by atoms with Crippen LogP contribution in [0.4, 0.5) is 0 Å². The molecule has 2 N–H and O–H groups in total. The molecule has 146 valence electrons. The zero-order chi connectivity index (χ0) is 18.8. The van der Waals surface area contributed by atoms with E-state index in [1.54, 1.807) is 12.1 Å². The lowest BCUT2D eigenvalue weighted by molar-refractivity contribution is 0.0628. The molecule has 5 nitrogen and oxygen atoms in total. The van der Waals surface area contributed by atoms with Gasteiger partial charge in [0.25, 0.3) is 11.5 Å². The maximum atomic E-state index is 13.2. The quantitative estimate of drug-likeness (QED) is 0.712. The molecule has 0 spiro atoms. The first-order chi connectivity index (χ1) is 13.2. The molecule has 1 amide bonds. The topological polar surface area (TPSA) is 65.2 Å². The Morgan fingerprint density at radius 3 is 2.64 bits per heavy atom. The molecule has 0 radical (unpaired) electrons. The zero-order valence-corrected chi connectivity index (χ0v) is 16.6. The van der Waals surface area contributed by atoms with Crippen LogP contribution in [0.5, 0.6) is 0 Å². The van der Waals surface area contributed by atoms with Gasteiger partial charge in [0.15, 0.2) is 0 Å². The van der Waals surface area contributed by atoms with Crippen molar-refractivity contribution in [2.24, 2.45) is 0 Å². The second-order valence-corrected chi connectivity index (χ2v) is 6.91. The molecule has 1 fully saturated rings. The van der Waals surface area contributed by atoms with Gasteiger partial charge in [0.05, 0.1) is 6.04 Å². The van der Waals surface area contributed by atoms with E-state index in [4.69, 9.17) is 0 Å². The number of aromatic amines is 1. The van der Waals surface area contributed by atoms with E-state index in [2.05, 4.69) is 41.5 Å². The van der Waals surface area contributed by atoms with E-state index in [1.165, 1.54) is 5.56 Å². The lowest BCUT2D eigenvalue weighted by Gasteiger charge is -2.36. The fourth-order valence-corrected chi connectivity index (χ4v) is 3.70. The smallest absolute Gasteiger partial charge is 0.270 e. The Morgan fingerprint density at radius 2 is 1.89 bits per heavy atom. The third-order valence-corrected chi connectivity index (χ3v) is 5.26. The highest BCUT2D eigenvalue weighted by Gasteiger charge is 2.29. The third-order valence-electron chi connectivity index (χ3n) is 5.26. The van der Waals surface area contributed by atoms with Gasteiger partial charge in [-0.05, 0) is 35.1 Å². The van der Waals surface area contributed by atoms with Crippen LogP contribution in [0.15, 0.2) is 59.4 Å². The Kier molecular flexibility index (Phi) is 6.17. The van der Waals surface area contributed by atoms with Crippen LogP contribution < -0.4 is 10.9 Å². The summed E-state index contributed by atoms with van der Waals surface area (Å²) in [6.45, 7) is 4.18. The number of pyridine rings is 1. The van der Waals surface area contributed by atoms with Crippen molar-refractivity contribution in [1.82, 2.24) is 15.2 Å². The van der Waals surface area contributed by atoms with E-state index < -0.39 is 0 Å². The van der Waals surface area contributed by atoms with Crippen LogP contribution in [0.2, 0.25) is 0 Å². The molecular formula is C22H24ClN3O2. The number of nitrogens with one attached hydrogen (secondary N) is 2. The van der Waals surface area contributed by atoms with Crippen LogP contribution in [-0.2, 0) is 6.42 Å². The molecule has 0 aliphatic carbocycles. The summed E-state index contributed by atoms with van der Waals surface area (Å²) in [5, 5.41) is 4.75. The highest BCUT2D eigenvalue weighted by atomic mass is 35.5. The lowest BCUT2D eigenvalue weighted by atomic mass is 10.0. The van der Waals surface area contributed by atoms with Gasteiger partial charge in [-0.2, -0.15) is 0 Å². The number of piperazine rings is 1. The molecule has 0 bridgehead atoms. The Morgan fingerprint density at radius 1 is 1.14 bits per heavy atom. The molecular weight excluding hydrogens is 374 g/mol. The standard InChI is InChI=1S/C22H23N3O2.ClH/c1-2-15-7-9-16(10-8-15)20-14-23-11-12-25(20)22(27)19-13-17-5-3-4-6-18(17)21(26)24-19;/h3-10,13,20,23H,2,11-12,14H2,1H3,(H,24,26);1H. The highest BCUT2D eigenvalue weighted by molar-refractivity contribution is 5.96. The van der Waals surface area contributed by atoms with Crippen LogP contribution in [-0.4, -0.2) is 35.4 Å². The minimum Gasteiger partial charge on any atom is -0.328 e. The molecule has 3 aromatic rings. The van der Waals surface area contributed by atoms with E-state index in [0.717, 1.165) is 23.9 Å². The van der Waals surface area contributed by atoms with Crippen LogP contribution in [0.3, 0.4) is 0 Å². The van der Waals surface area contributed by atoms with E-state index in [9.17, 15) is 9.59 Å². The third kappa shape index (κ3) is 3.81. The van der Waals surface area contributed by atoms with Gasteiger partial charge in [-0.1, -0.05) is 49.4 Å². The van der Waals surface area contributed by atoms with Crippen LogP contribution in [0.25, 0.3) is 10.8 Å². The molecule has 2 aromatic carbocycles. The summed E-state index contributed by atoms with van der Waals surface area (Å²) in [5.74, 6) is -0.135. The molecule has 1 saturated heterocycles. The Bertz CT molecular complexity index is 1030. The van der Waals surface area contributed by atoms with Gasteiger partial charge in [0.1, 0.15) is 5.69 Å². The second kappa shape index (κ2) is 8.59. The predicted molar refractivity (Wildman–Crippen MR) is 114 cm³/mol. The van der Waals surface area contributed by atoms with Gasteiger partial charge in [0.2, 0.25) is 0 Å². The molecule has 6 heteroatoms. The number of halogens is 1. The molecule has 1 aromatic heterocycles. The van der Waals surface area contributed by atoms with Crippen molar-refractivity contribution in [1.29, 1.82) is 0 Å². The monoisotopic (exact) mass is 397 g/mol. The van der Waals surface area contributed by atoms with Crippen molar-refractivity contribution < 1.29 is 4.79 Å². The number of nitrogens with zero attached hydrogens (tertiary/aromatic N) is 1. The van der Waals surface area contributed by atoms with Crippen LogP contribution >= 0.6 is 12.4 Å². The van der Waals surface area contributed by atoms with Crippen molar-refractivity contribution in [3.8, 4) is 0 Å². The van der Waals surface area contributed by atoms with Gasteiger partial charge >= 0.3 is 0 Å². The highest BCUT2D eigenvalue weighted by Crippen LogP contribution is 2.25. The summed E-state index contributed by atoms with van der Waals surface area (Å²) >= 11 is 0. The maximum absolute atomic E-state index is 13.2. The molecule has 4 rings (SSSR count). The molecule has 1 aliphatic rings. The molecule has 1 unspecified atom stereocenters. The van der Waals surface area contributed by atoms with Gasteiger partial charge in [-0.15, -0.1) is 12.4 Å². The number of aryl methyl sites for hydroxylation is 1. The molecule has 0 saturated carbocycles. The van der Waals surface area contributed by atoms with E-state index >= 15 is 0 Å². The molecule has 1 atom stereocenters. The Hall–Kier alpha value is -2.63. The van der Waals surface area contributed by atoms with Crippen molar-refractivity contribution in [2.45, 2.75) is 19.4 Å². The normalized spacial score (nSPS) is 16.6. The summed E-state index contributed by atoms with van der Waals surface area (Å²) in [5.41, 5.74) is 2.50. The average molecular weight is 398 g/mol. The van der Waals surface area contributed by atoms with Crippen LogP contribution in [0.1, 0.15) is 34.6 Å². The van der Waals surface area contributed by atoms with Crippen LogP contribution in [0, 0.1) is 0 Å². The number of aromatic nitrogens is 1. The maximum Gasteiger partial charge on any atom is 0.270 e. The Balaban J connectivity index is 0.00000225. The first-order valence-electron chi connectivity index (χ1n) is 9.40. The van der Waals surface area contributed by atoms with Gasteiger partial charge in [0, 0.05) is 25.0 Å². The van der Waals surface area contributed by atoms with Gasteiger partial charge in [-0.3, -0.25) is 9.59 Å². The molecule has 1 aliphatic heterocycles. The van der Waals surface area contributed by atoms with Crippen molar-refractivity contribution >= 4 is 29.1 Å². The number of fused-ring (bicyclic) bond motifs is 1. The fourth-order valence-electron chi connectivity index (χ4n) is 3.70. The van der Waals surface area contributed by atoms with E-state index in [-0.39, 0.29) is 29.9 Å². The fraction of sp³-hybridized carbons (Fsp3) is 0.273. The number of carbonyl (C=O) groups is 1. The number of H-pyrrole nitrogens is 1.